The molecule has 0 bridgehead atoms. The molecule has 0 saturated heterocycles. The topological polar surface area (TPSA) is 93.7 Å². The van der Waals surface area contributed by atoms with Crippen molar-refractivity contribution in [3.05, 3.63) is 59.7 Å². The molecule has 0 heterocycles. The first-order chi connectivity index (χ1) is 15.2. The first-order valence-corrected chi connectivity index (χ1v) is 10.7. The molecule has 0 spiro atoms. The third kappa shape index (κ3) is 4.77. The second kappa shape index (κ2) is 9.42. The van der Waals surface area contributed by atoms with Crippen LogP contribution >= 0.6 is 0 Å². The summed E-state index contributed by atoms with van der Waals surface area (Å²) in [6.07, 6.45) is -0.684. The van der Waals surface area contributed by atoms with Crippen LogP contribution in [-0.4, -0.2) is 43.3 Å². The van der Waals surface area contributed by atoms with E-state index in [1.165, 1.54) is 7.11 Å². The number of methoxy groups -OCH3 is 1. The summed E-state index contributed by atoms with van der Waals surface area (Å²) in [6, 6.07) is 15.3. The molecule has 0 saturated carbocycles. The van der Waals surface area contributed by atoms with Crippen molar-refractivity contribution >= 4 is 18.0 Å². The highest BCUT2D eigenvalue weighted by atomic mass is 16.5. The van der Waals surface area contributed by atoms with Gasteiger partial charge in [-0.25, -0.2) is 9.59 Å². The number of nitrogens with one attached hydrogen (secondary N) is 2. The molecule has 7 nitrogen and oxygen atoms in total. The average Bonchev–Trinajstić information content (AvgIpc) is 3.08. The van der Waals surface area contributed by atoms with Gasteiger partial charge in [-0.1, -0.05) is 62.4 Å². The summed E-state index contributed by atoms with van der Waals surface area (Å²) in [7, 11) is 1.26. The summed E-state index contributed by atoms with van der Waals surface area (Å²) in [5.41, 5.74) is 3.28. The fraction of sp³-hybridized carbons (Fsp3) is 0.400. The number of amides is 2. The Balaban J connectivity index is 1.67. The number of rotatable bonds is 7. The Hall–Kier alpha value is -3.35. The molecule has 170 valence electrons. The van der Waals surface area contributed by atoms with Gasteiger partial charge in [0.1, 0.15) is 18.2 Å². The Morgan fingerprint density at radius 3 is 2.00 bits per heavy atom. The minimum Gasteiger partial charge on any atom is -0.467 e. The molecular weight excluding hydrogens is 408 g/mol. The van der Waals surface area contributed by atoms with Gasteiger partial charge in [0.2, 0.25) is 5.91 Å². The number of ether oxygens (including phenoxy) is 2. The molecule has 2 N–H and O–H groups in total. The van der Waals surface area contributed by atoms with Crippen LogP contribution in [0.25, 0.3) is 11.1 Å². The number of carbonyl (C=O) groups excluding carboxylic acids is 3. The lowest BCUT2D eigenvalue weighted by molar-refractivity contribution is -0.149. The van der Waals surface area contributed by atoms with Crippen LogP contribution in [0.1, 0.15) is 44.7 Å². The molecule has 1 aliphatic carbocycles. The summed E-state index contributed by atoms with van der Waals surface area (Å²) in [6.45, 7) is 6.85. The van der Waals surface area contributed by atoms with Crippen LogP contribution in [0, 0.1) is 5.92 Å². The van der Waals surface area contributed by atoms with Gasteiger partial charge >= 0.3 is 12.1 Å². The summed E-state index contributed by atoms with van der Waals surface area (Å²) in [5, 5.41) is 5.28. The van der Waals surface area contributed by atoms with Crippen LogP contribution < -0.4 is 10.6 Å². The number of hydrogen-bond acceptors (Lipinski definition) is 5. The Labute approximate surface area is 188 Å². The van der Waals surface area contributed by atoms with Crippen molar-refractivity contribution in [1.82, 2.24) is 10.6 Å². The van der Waals surface area contributed by atoms with Crippen LogP contribution in [-0.2, 0) is 19.1 Å². The number of hydrogen-bond donors (Lipinski definition) is 2. The number of fused-ring (bicyclic) bond motifs is 3. The molecule has 2 aromatic carbocycles. The molecule has 0 aliphatic heterocycles. The first kappa shape index (κ1) is 23.3. The average molecular weight is 439 g/mol. The van der Waals surface area contributed by atoms with Crippen LogP contribution in [0.5, 0.6) is 0 Å². The number of alkyl carbamates (subject to hydrolysis) is 1. The van der Waals surface area contributed by atoms with E-state index in [2.05, 4.69) is 22.8 Å². The van der Waals surface area contributed by atoms with Crippen LogP contribution in [0.4, 0.5) is 4.79 Å². The van der Waals surface area contributed by atoms with E-state index in [4.69, 9.17) is 9.47 Å². The maximum absolute atomic E-state index is 12.8. The summed E-state index contributed by atoms with van der Waals surface area (Å²) in [5.74, 6) is -1.35. The molecule has 2 aromatic rings. The molecule has 0 radical (unpaired) electrons. The fourth-order valence-electron chi connectivity index (χ4n) is 3.99. The maximum atomic E-state index is 12.8. The van der Waals surface area contributed by atoms with E-state index < -0.39 is 29.6 Å². The van der Waals surface area contributed by atoms with Crippen molar-refractivity contribution in [3.8, 4) is 11.1 Å². The Bertz CT molecular complexity index is 969. The SMILES string of the molecule is COC(=O)C(C)(C)NC(=O)[C@@H](NC(=O)OCC1c2ccccc2-c2ccccc21)C(C)C. The second-order valence-corrected chi connectivity index (χ2v) is 8.80. The normalized spacial score (nSPS) is 13.7. The quantitative estimate of drug-likeness (QED) is 0.644. The lowest BCUT2D eigenvalue weighted by atomic mass is 9.98. The van der Waals surface area contributed by atoms with Crippen LogP contribution in [0.2, 0.25) is 0 Å². The van der Waals surface area contributed by atoms with Crippen LogP contribution in [0.15, 0.2) is 48.5 Å². The van der Waals surface area contributed by atoms with Crippen molar-refractivity contribution in [2.24, 2.45) is 5.92 Å². The minimum atomic E-state index is -1.22. The predicted octanol–water partition coefficient (Wildman–Crippen LogP) is 3.62. The Morgan fingerprint density at radius 2 is 1.50 bits per heavy atom. The molecule has 7 heteroatoms. The van der Waals surface area contributed by atoms with Gasteiger partial charge in [-0.05, 0) is 42.0 Å². The van der Waals surface area contributed by atoms with Gasteiger partial charge in [0.05, 0.1) is 7.11 Å². The lowest BCUT2D eigenvalue weighted by Gasteiger charge is -2.28. The Kier molecular flexibility index (Phi) is 6.87. The third-order valence-electron chi connectivity index (χ3n) is 5.70. The number of carbonyl (C=O) groups is 3. The minimum absolute atomic E-state index is 0.0715. The van der Waals surface area contributed by atoms with E-state index >= 15 is 0 Å². The Morgan fingerprint density at radius 1 is 0.969 bits per heavy atom. The van der Waals surface area contributed by atoms with Gasteiger partial charge in [-0.3, -0.25) is 4.79 Å². The van der Waals surface area contributed by atoms with Gasteiger partial charge in [0.25, 0.3) is 0 Å². The molecule has 0 unspecified atom stereocenters. The molecule has 3 rings (SSSR count). The molecule has 2 amide bonds. The van der Waals surface area contributed by atoms with Crippen molar-refractivity contribution in [2.45, 2.75) is 45.2 Å². The zero-order chi connectivity index (χ0) is 23.5. The van der Waals surface area contributed by atoms with E-state index in [0.29, 0.717) is 0 Å². The zero-order valence-electron chi connectivity index (χ0n) is 19.1. The lowest BCUT2D eigenvalue weighted by Crippen LogP contribution is -2.58. The van der Waals surface area contributed by atoms with Crippen molar-refractivity contribution in [1.29, 1.82) is 0 Å². The summed E-state index contributed by atoms with van der Waals surface area (Å²) >= 11 is 0. The maximum Gasteiger partial charge on any atom is 0.407 e. The van der Waals surface area contributed by atoms with Gasteiger partial charge < -0.3 is 20.1 Å². The second-order valence-electron chi connectivity index (χ2n) is 8.80. The van der Waals surface area contributed by atoms with E-state index in [0.717, 1.165) is 22.3 Å². The molecule has 1 atom stereocenters. The summed E-state index contributed by atoms with van der Waals surface area (Å²) in [4.78, 5) is 37.2. The monoisotopic (exact) mass is 438 g/mol. The van der Waals surface area contributed by atoms with E-state index in [1.54, 1.807) is 27.7 Å². The van der Waals surface area contributed by atoms with Crippen LogP contribution in [0.3, 0.4) is 0 Å². The molecule has 32 heavy (non-hydrogen) atoms. The standard InChI is InChI=1S/C25H30N2O5/c1-15(2)21(22(28)27-25(3,4)23(29)31-5)26-24(30)32-14-20-18-12-8-6-10-16(18)17-11-7-9-13-19(17)20/h6-13,15,20-21H,14H2,1-5H3,(H,26,30)(H,27,28)/t21-/m0/s1. The van der Waals surface area contributed by atoms with E-state index in [9.17, 15) is 14.4 Å². The van der Waals surface area contributed by atoms with E-state index in [1.807, 2.05) is 36.4 Å². The molecule has 0 fully saturated rings. The highest BCUT2D eigenvalue weighted by Crippen LogP contribution is 2.44. The molecule has 0 aromatic heterocycles. The highest BCUT2D eigenvalue weighted by molar-refractivity contribution is 5.91. The van der Waals surface area contributed by atoms with Gasteiger partial charge in [0.15, 0.2) is 0 Å². The summed E-state index contributed by atoms with van der Waals surface area (Å²) < 4.78 is 10.3. The zero-order valence-corrected chi connectivity index (χ0v) is 19.1. The van der Waals surface area contributed by atoms with Crippen molar-refractivity contribution in [2.75, 3.05) is 13.7 Å². The van der Waals surface area contributed by atoms with Crippen molar-refractivity contribution in [3.63, 3.8) is 0 Å². The van der Waals surface area contributed by atoms with Crippen molar-refractivity contribution < 1.29 is 23.9 Å². The van der Waals surface area contributed by atoms with Gasteiger partial charge in [0, 0.05) is 5.92 Å². The number of benzene rings is 2. The highest BCUT2D eigenvalue weighted by Gasteiger charge is 2.35. The molecular formula is C25H30N2O5. The smallest absolute Gasteiger partial charge is 0.407 e. The van der Waals surface area contributed by atoms with Gasteiger partial charge in [-0.2, -0.15) is 0 Å². The van der Waals surface area contributed by atoms with E-state index in [-0.39, 0.29) is 18.4 Å². The van der Waals surface area contributed by atoms with Gasteiger partial charge in [-0.15, -0.1) is 0 Å². The predicted molar refractivity (Wildman–Crippen MR) is 121 cm³/mol. The third-order valence-corrected chi connectivity index (χ3v) is 5.70. The first-order valence-electron chi connectivity index (χ1n) is 10.7. The molecule has 1 aliphatic rings. The number of esters is 1. The largest absolute Gasteiger partial charge is 0.467 e. The fourth-order valence-corrected chi connectivity index (χ4v) is 3.99.